The minimum atomic E-state index is -1.66. The van der Waals surface area contributed by atoms with E-state index in [0.717, 1.165) is 32.1 Å². The molecule has 15 nitrogen and oxygen atoms in total. The smallest absolute Gasteiger partial charge is 0.338 e. The summed E-state index contributed by atoms with van der Waals surface area (Å²) >= 11 is 0. The molecule has 2 aliphatic heterocycles. The lowest BCUT2D eigenvalue weighted by Crippen LogP contribution is -2.64. The molecule has 15 heteroatoms. The summed E-state index contributed by atoms with van der Waals surface area (Å²) in [5, 5.41) is 73.1. The standard InChI is InChI=1S/C36H54O15/c1-18-13-19(2)30(51-35-29(42)28(41)26(39)24(16-37)48-35)22(14-18)47-36-32(50-34(45)21-11-7-4-8-12-21)31(27(40)25(17-38)49-36)46-23(33(43)44)15-20-9-5-3-6-10-20/h4,7-8,11-12,18-20,22-32,35-42H,3,5-6,9-10,13-17H2,1-2H3,(H,43,44)/t18-,19+,22-,23+,24+,25-,26-,27+,28-,29+,30-,31+,32-,35+,36-/m1/s1. The lowest BCUT2D eigenvalue weighted by atomic mass is 9.79. The molecule has 1 aromatic rings. The fraction of sp³-hybridized carbons (Fsp3) is 0.778. The number of hydrogen-bond acceptors (Lipinski definition) is 14. The van der Waals surface area contributed by atoms with E-state index < -0.39 is 105 Å². The Morgan fingerprint density at radius 2 is 1.43 bits per heavy atom. The van der Waals surface area contributed by atoms with Crippen molar-refractivity contribution in [2.24, 2.45) is 17.8 Å². The van der Waals surface area contributed by atoms with E-state index in [1.165, 1.54) is 12.1 Å². The van der Waals surface area contributed by atoms with Crippen molar-refractivity contribution in [2.75, 3.05) is 13.2 Å². The van der Waals surface area contributed by atoms with Crippen molar-refractivity contribution in [3.8, 4) is 0 Å². The van der Waals surface area contributed by atoms with Gasteiger partial charge in [0.05, 0.1) is 31.0 Å². The monoisotopic (exact) mass is 726 g/mol. The van der Waals surface area contributed by atoms with Gasteiger partial charge in [-0.3, -0.25) is 0 Å². The van der Waals surface area contributed by atoms with Gasteiger partial charge in [-0.2, -0.15) is 0 Å². The van der Waals surface area contributed by atoms with Crippen LogP contribution in [-0.2, 0) is 33.2 Å². The zero-order valence-electron chi connectivity index (χ0n) is 29.1. The zero-order chi connectivity index (χ0) is 36.8. The molecule has 1 aromatic carbocycles. The number of carboxylic acid groups (broad SMARTS) is 1. The number of carbonyl (C=O) groups excluding carboxylic acids is 1. The Labute approximate surface area is 297 Å². The molecule has 15 atom stereocenters. The Kier molecular flexibility index (Phi) is 14.2. The van der Waals surface area contributed by atoms with Crippen LogP contribution in [0.25, 0.3) is 0 Å². The van der Waals surface area contributed by atoms with Gasteiger partial charge in [-0.1, -0.05) is 64.2 Å². The van der Waals surface area contributed by atoms with Gasteiger partial charge in [-0.05, 0) is 49.1 Å². The normalized spacial score (nSPS) is 40.0. The topological polar surface area (TPSA) is 231 Å². The maximum absolute atomic E-state index is 13.5. The molecule has 4 fully saturated rings. The lowest BCUT2D eigenvalue weighted by molar-refractivity contribution is -0.351. The SMILES string of the molecule is C[C@@H]1C[C@H](C)[C@@H](O[C@@H]2O[C@@H](CO)[C@@H](O)[C@@H](O)[C@@H]2O)[C@H](O[C@@H]2O[C@H](CO)[C@H](O)[C@H](O[C@@H](CC3CCCCC3)C(=O)O)[C@H]2OC(=O)c2ccccc2)C1. The van der Waals surface area contributed by atoms with Crippen LogP contribution in [0, 0.1) is 17.8 Å². The summed E-state index contributed by atoms with van der Waals surface area (Å²) in [5.74, 6) is -2.09. The number of rotatable bonds is 13. The van der Waals surface area contributed by atoms with Crippen molar-refractivity contribution in [1.29, 1.82) is 0 Å². The first kappa shape index (κ1) is 39.9. The summed E-state index contributed by atoms with van der Waals surface area (Å²) < 4.78 is 36.6. The molecule has 2 saturated heterocycles. The average Bonchev–Trinajstić information content (AvgIpc) is 3.12. The third-order valence-corrected chi connectivity index (χ3v) is 10.7. The van der Waals surface area contributed by atoms with Crippen molar-refractivity contribution in [1.82, 2.24) is 0 Å². The predicted octanol–water partition coefficient (Wildman–Crippen LogP) is 0.735. The van der Waals surface area contributed by atoms with Crippen LogP contribution in [0.1, 0.15) is 75.6 Å². The van der Waals surface area contributed by atoms with Gasteiger partial charge in [0, 0.05) is 0 Å². The Balaban J connectivity index is 1.44. The Morgan fingerprint density at radius 3 is 2.08 bits per heavy atom. The molecule has 0 spiro atoms. The summed E-state index contributed by atoms with van der Waals surface area (Å²) in [7, 11) is 0. The van der Waals surface area contributed by atoms with Gasteiger partial charge in [0.1, 0.15) is 42.7 Å². The fourth-order valence-electron chi connectivity index (χ4n) is 7.95. The zero-order valence-corrected chi connectivity index (χ0v) is 29.1. The van der Waals surface area contributed by atoms with E-state index in [-0.39, 0.29) is 29.7 Å². The summed E-state index contributed by atoms with van der Waals surface area (Å²) in [5.41, 5.74) is 0.175. The number of aliphatic hydroxyl groups is 6. The van der Waals surface area contributed by atoms with Crippen LogP contribution < -0.4 is 0 Å². The largest absolute Gasteiger partial charge is 0.479 e. The summed E-state index contributed by atoms with van der Waals surface area (Å²) in [6.45, 7) is 2.56. The van der Waals surface area contributed by atoms with Crippen molar-refractivity contribution < 1.29 is 73.8 Å². The molecule has 2 aliphatic carbocycles. The van der Waals surface area contributed by atoms with E-state index in [9.17, 15) is 45.3 Å². The second-order valence-corrected chi connectivity index (χ2v) is 14.6. The maximum atomic E-state index is 13.5. The summed E-state index contributed by atoms with van der Waals surface area (Å²) in [6, 6.07) is 8.06. The number of esters is 1. The van der Waals surface area contributed by atoms with E-state index in [0.29, 0.717) is 12.8 Å². The van der Waals surface area contributed by atoms with Gasteiger partial charge >= 0.3 is 11.9 Å². The molecular formula is C36H54O15. The predicted molar refractivity (Wildman–Crippen MR) is 176 cm³/mol. The molecule has 5 rings (SSSR count). The lowest BCUT2D eigenvalue weighted by Gasteiger charge is -2.48. The molecule has 0 radical (unpaired) electrons. The maximum Gasteiger partial charge on any atom is 0.338 e. The van der Waals surface area contributed by atoms with Gasteiger partial charge in [0.25, 0.3) is 0 Å². The number of carbonyl (C=O) groups is 2. The quantitative estimate of drug-likeness (QED) is 0.139. The van der Waals surface area contributed by atoms with E-state index >= 15 is 0 Å². The minimum absolute atomic E-state index is 0.0896. The highest BCUT2D eigenvalue weighted by atomic mass is 16.7. The fourth-order valence-corrected chi connectivity index (χ4v) is 7.95. The van der Waals surface area contributed by atoms with Gasteiger partial charge in [0.15, 0.2) is 24.8 Å². The third kappa shape index (κ3) is 9.64. The van der Waals surface area contributed by atoms with E-state index in [1.807, 2.05) is 13.8 Å². The van der Waals surface area contributed by atoms with Crippen molar-refractivity contribution >= 4 is 11.9 Å². The van der Waals surface area contributed by atoms with Crippen LogP contribution in [0.2, 0.25) is 0 Å². The van der Waals surface area contributed by atoms with Crippen LogP contribution in [0.15, 0.2) is 30.3 Å². The van der Waals surface area contributed by atoms with Gasteiger partial charge in [-0.25, -0.2) is 9.59 Å². The molecule has 2 heterocycles. The van der Waals surface area contributed by atoms with Gasteiger partial charge in [0.2, 0.25) is 0 Å². The third-order valence-electron chi connectivity index (χ3n) is 10.7. The number of benzene rings is 1. The van der Waals surface area contributed by atoms with Crippen molar-refractivity contribution in [3.05, 3.63) is 35.9 Å². The van der Waals surface area contributed by atoms with E-state index in [2.05, 4.69) is 0 Å². The van der Waals surface area contributed by atoms with Crippen molar-refractivity contribution in [2.45, 2.75) is 145 Å². The number of carboxylic acids is 1. The second kappa shape index (κ2) is 18.2. The van der Waals surface area contributed by atoms with Crippen LogP contribution >= 0.6 is 0 Å². The molecule has 0 bridgehead atoms. The molecule has 4 aliphatic rings. The van der Waals surface area contributed by atoms with E-state index in [4.69, 9.17) is 28.4 Å². The molecule has 0 amide bonds. The Morgan fingerprint density at radius 1 is 0.784 bits per heavy atom. The van der Waals surface area contributed by atoms with Crippen LogP contribution in [-0.4, -0.2) is 141 Å². The Bertz CT molecular complexity index is 1240. The molecule has 7 N–H and O–H groups in total. The number of aliphatic carboxylic acids is 1. The molecule has 51 heavy (non-hydrogen) atoms. The molecule has 0 unspecified atom stereocenters. The van der Waals surface area contributed by atoms with Crippen molar-refractivity contribution in [3.63, 3.8) is 0 Å². The summed E-state index contributed by atoms with van der Waals surface area (Å²) in [6.07, 6.45) is -12.1. The Hall–Kier alpha value is -2.28. The highest BCUT2D eigenvalue weighted by Gasteiger charge is 2.53. The van der Waals surface area contributed by atoms with Gasteiger partial charge in [-0.15, -0.1) is 0 Å². The molecule has 2 saturated carbocycles. The highest BCUT2D eigenvalue weighted by molar-refractivity contribution is 5.89. The average molecular weight is 727 g/mol. The first-order chi connectivity index (χ1) is 24.4. The highest BCUT2D eigenvalue weighted by Crippen LogP contribution is 2.39. The minimum Gasteiger partial charge on any atom is -0.479 e. The van der Waals surface area contributed by atoms with Gasteiger partial charge < -0.3 is 64.2 Å². The number of hydrogen-bond donors (Lipinski definition) is 7. The number of ether oxygens (including phenoxy) is 6. The second-order valence-electron chi connectivity index (χ2n) is 14.6. The first-order valence-electron chi connectivity index (χ1n) is 18.1. The molecule has 288 valence electrons. The van der Waals surface area contributed by atoms with Crippen LogP contribution in [0.5, 0.6) is 0 Å². The van der Waals surface area contributed by atoms with Crippen LogP contribution in [0.3, 0.4) is 0 Å². The van der Waals surface area contributed by atoms with Crippen LogP contribution in [0.4, 0.5) is 0 Å². The summed E-state index contributed by atoms with van der Waals surface area (Å²) in [4.78, 5) is 26.1. The number of aliphatic hydroxyl groups excluding tert-OH is 6. The molecule has 0 aromatic heterocycles. The first-order valence-corrected chi connectivity index (χ1v) is 18.1. The molecular weight excluding hydrogens is 672 g/mol. The van der Waals surface area contributed by atoms with E-state index in [1.54, 1.807) is 18.2 Å².